The summed E-state index contributed by atoms with van der Waals surface area (Å²) in [5.74, 6) is 2.85. The van der Waals surface area contributed by atoms with Crippen molar-refractivity contribution in [2.75, 3.05) is 42.7 Å². The van der Waals surface area contributed by atoms with Crippen molar-refractivity contribution in [2.45, 2.75) is 12.2 Å². The van der Waals surface area contributed by atoms with Crippen LogP contribution in [-0.2, 0) is 9.47 Å². The number of methoxy groups -OCH3 is 6. The molecule has 0 bridgehead atoms. The Hall–Kier alpha value is -5.58. The van der Waals surface area contributed by atoms with Gasteiger partial charge >= 0.3 is 0 Å². The van der Waals surface area contributed by atoms with Crippen LogP contribution in [0, 0.1) is 0 Å². The molecule has 0 fully saturated rings. The van der Waals surface area contributed by atoms with E-state index in [1.807, 2.05) is 48.6 Å². The molecule has 2 atom stereocenters. The molecule has 2 unspecified atom stereocenters. The number of pyridine rings is 2. The van der Waals surface area contributed by atoms with Crippen LogP contribution in [0.5, 0.6) is 23.0 Å². The molecular weight excluding hydrogens is 612 g/mol. The van der Waals surface area contributed by atoms with Gasteiger partial charge in [0.15, 0.2) is 23.0 Å². The standard InChI is InChI=1S/C38H32N2O8/c1-43-23-13-19-21(15-25(23)45-3)33-29-17(11-27(47-5)37(33)41)7-9-39-35(29)31(19)32-20-14-24(44-2)26(46-4)16-22(20)34-30-18(8-10-40-36(30)32)12-28(48-6)38(34)42/h7-16,37-38,41-42H,1-6H3. The smallest absolute Gasteiger partial charge is 0.161 e. The maximum atomic E-state index is 11.8. The number of aliphatic hydroxyl groups is 2. The van der Waals surface area contributed by atoms with E-state index in [-0.39, 0.29) is 0 Å². The highest BCUT2D eigenvalue weighted by Crippen LogP contribution is 2.54. The zero-order valence-corrected chi connectivity index (χ0v) is 27.2. The number of nitrogens with zero attached hydrogens (tertiary/aromatic N) is 2. The summed E-state index contributed by atoms with van der Waals surface area (Å²) in [6.45, 7) is 0. The van der Waals surface area contributed by atoms with Gasteiger partial charge in [-0.3, -0.25) is 9.97 Å². The maximum absolute atomic E-state index is 11.8. The number of benzene rings is 4. The Morgan fingerprint density at radius 3 is 1.19 bits per heavy atom. The van der Waals surface area contributed by atoms with E-state index in [0.29, 0.717) is 56.7 Å². The average molecular weight is 645 g/mol. The van der Waals surface area contributed by atoms with Gasteiger partial charge in [0, 0.05) is 45.4 Å². The number of aromatic nitrogens is 2. The van der Waals surface area contributed by atoms with Crippen molar-refractivity contribution in [1.29, 1.82) is 0 Å². The third-order valence-corrected chi connectivity index (χ3v) is 9.55. The predicted octanol–water partition coefficient (Wildman–Crippen LogP) is 6.86. The van der Waals surface area contributed by atoms with Crippen LogP contribution in [0.3, 0.4) is 0 Å². The van der Waals surface area contributed by atoms with Gasteiger partial charge in [-0.1, -0.05) is 0 Å². The van der Waals surface area contributed by atoms with Crippen LogP contribution in [-0.4, -0.2) is 62.8 Å². The lowest BCUT2D eigenvalue weighted by molar-refractivity contribution is 0.133. The van der Waals surface area contributed by atoms with Crippen molar-refractivity contribution >= 4 is 55.5 Å². The number of ether oxygens (including phenoxy) is 6. The van der Waals surface area contributed by atoms with E-state index in [4.69, 9.17) is 38.4 Å². The van der Waals surface area contributed by atoms with Gasteiger partial charge in [0.1, 0.15) is 23.7 Å². The average Bonchev–Trinajstić information content (AvgIpc) is 3.12. The van der Waals surface area contributed by atoms with Crippen LogP contribution in [0.4, 0.5) is 0 Å². The number of hydrogen-bond acceptors (Lipinski definition) is 10. The summed E-state index contributed by atoms with van der Waals surface area (Å²) in [6.07, 6.45) is 5.06. The van der Waals surface area contributed by atoms with Crippen LogP contribution in [0.1, 0.15) is 34.5 Å². The fourth-order valence-electron chi connectivity index (χ4n) is 7.45. The molecule has 8 rings (SSSR count). The van der Waals surface area contributed by atoms with Crippen LogP contribution in [0.15, 0.2) is 60.3 Å². The molecule has 242 valence electrons. The van der Waals surface area contributed by atoms with E-state index < -0.39 is 12.2 Å². The monoisotopic (exact) mass is 644 g/mol. The molecule has 2 aromatic heterocycles. The van der Waals surface area contributed by atoms with Crippen LogP contribution < -0.4 is 18.9 Å². The Kier molecular flexibility index (Phi) is 6.83. The molecule has 0 saturated heterocycles. The van der Waals surface area contributed by atoms with Crippen LogP contribution >= 0.6 is 0 Å². The van der Waals surface area contributed by atoms with E-state index >= 15 is 0 Å². The lowest BCUT2D eigenvalue weighted by atomic mass is 9.80. The summed E-state index contributed by atoms with van der Waals surface area (Å²) in [7, 11) is 9.43. The van der Waals surface area contributed by atoms with E-state index in [1.54, 1.807) is 55.1 Å². The first kappa shape index (κ1) is 29.8. The van der Waals surface area contributed by atoms with Crippen LogP contribution in [0.2, 0.25) is 0 Å². The summed E-state index contributed by atoms with van der Waals surface area (Å²) >= 11 is 0. The number of aliphatic hydroxyl groups excluding tert-OH is 2. The van der Waals surface area contributed by atoms with Gasteiger partial charge in [0.25, 0.3) is 0 Å². The molecule has 0 amide bonds. The summed E-state index contributed by atoms with van der Waals surface area (Å²) in [5.41, 5.74) is 5.81. The molecule has 2 aliphatic rings. The molecule has 2 heterocycles. The molecule has 2 aliphatic carbocycles. The first-order valence-electron chi connectivity index (χ1n) is 15.3. The third kappa shape index (κ3) is 3.93. The van der Waals surface area contributed by atoms with Crippen LogP contribution in [0.25, 0.3) is 66.6 Å². The molecule has 0 aliphatic heterocycles. The molecule has 10 nitrogen and oxygen atoms in total. The van der Waals surface area contributed by atoms with Gasteiger partial charge in [-0.2, -0.15) is 0 Å². The van der Waals surface area contributed by atoms with Gasteiger partial charge < -0.3 is 38.6 Å². The second-order valence-electron chi connectivity index (χ2n) is 11.6. The lowest BCUT2D eigenvalue weighted by Gasteiger charge is -2.29. The van der Waals surface area contributed by atoms with E-state index in [1.165, 1.54) is 0 Å². The van der Waals surface area contributed by atoms with E-state index in [0.717, 1.165) is 54.6 Å². The Labute approximate surface area is 275 Å². The SMILES string of the molecule is COC1=Cc2ccnc3c(-c4c5cc(OC)c(OC)cc5c5c6c(ccnc46)C=C(OC)C5O)c4cc(OC)c(OC)cc4c(c23)C1O. The highest BCUT2D eigenvalue weighted by atomic mass is 16.5. The van der Waals surface area contributed by atoms with Gasteiger partial charge in [0.05, 0.1) is 53.7 Å². The number of rotatable bonds is 7. The normalized spacial score (nSPS) is 16.6. The maximum Gasteiger partial charge on any atom is 0.161 e. The summed E-state index contributed by atoms with van der Waals surface area (Å²) in [4.78, 5) is 9.97. The minimum absolute atomic E-state index is 0.416. The van der Waals surface area contributed by atoms with E-state index in [2.05, 4.69) is 0 Å². The molecule has 48 heavy (non-hydrogen) atoms. The largest absolute Gasteiger partial charge is 0.498 e. The molecule has 0 spiro atoms. The molecule has 0 radical (unpaired) electrons. The van der Waals surface area contributed by atoms with Gasteiger partial charge in [0.2, 0.25) is 0 Å². The van der Waals surface area contributed by atoms with Crippen molar-refractivity contribution < 1.29 is 38.6 Å². The highest BCUT2D eigenvalue weighted by molar-refractivity contribution is 6.26. The quantitative estimate of drug-likeness (QED) is 0.178. The van der Waals surface area contributed by atoms with E-state index in [9.17, 15) is 10.2 Å². The number of fused-ring (bicyclic) bond motifs is 4. The van der Waals surface area contributed by atoms with Gasteiger partial charge in [-0.25, -0.2) is 0 Å². The van der Waals surface area contributed by atoms with Crippen molar-refractivity contribution in [2.24, 2.45) is 0 Å². The lowest BCUT2D eigenvalue weighted by Crippen LogP contribution is -2.12. The zero-order chi connectivity index (χ0) is 33.4. The molecule has 0 saturated carbocycles. The summed E-state index contributed by atoms with van der Waals surface area (Å²) < 4.78 is 34.5. The molecule has 6 aromatic rings. The Bertz CT molecular complexity index is 2250. The minimum Gasteiger partial charge on any atom is -0.498 e. The second kappa shape index (κ2) is 11.0. The second-order valence-corrected chi connectivity index (χ2v) is 11.6. The fourth-order valence-corrected chi connectivity index (χ4v) is 7.45. The van der Waals surface area contributed by atoms with Crippen molar-refractivity contribution in [3.8, 4) is 34.1 Å². The fraction of sp³-hybridized carbons (Fsp3) is 0.211. The Morgan fingerprint density at radius 2 is 0.854 bits per heavy atom. The van der Waals surface area contributed by atoms with Gasteiger partial charge in [-0.15, -0.1) is 0 Å². The summed E-state index contributed by atoms with van der Waals surface area (Å²) in [6, 6.07) is 11.4. The summed E-state index contributed by atoms with van der Waals surface area (Å²) in [5, 5.41) is 28.0. The topological polar surface area (TPSA) is 122 Å². The first-order chi connectivity index (χ1) is 23.4. The third-order valence-electron chi connectivity index (χ3n) is 9.55. The molecule has 4 aromatic carbocycles. The van der Waals surface area contributed by atoms with Crippen molar-refractivity contribution in [1.82, 2.24) is 9.97 Å². The minimum atomic E-state index is -1.06. The van der Waals surface area contributed by atoms with Crippen molar-refractivity contribution in [3.63, 3.8) is 0 Å². The molecular formula is C38H32N2O8. The highest BCUT2D eigenvalue weighted by Gasteiger charge is 2.34. The number of hydrogen-bond donors (Lipinski definition) is 2. The van der Waals surface area contributed by atoms with Crippen molar-refractivity contribution in [3.05, 3.63) is 82.6 Å². The zero-order valence-electron chi connectivity index (χ0n) is 27.2. The van der Waals surface area contributed by atoms with Gasteiger partial charge in [-0.05, 0) is 81.2 Å². The Morgan fingerprint density at radius 1 is 0.500 bits per heavy atom. The predicted molar refractivity (Wildman–Crippen MR) is 184 cm³/mol. The Balaban J connectivity index is 1.68. The molecule has 10 heteroatoms. The molecule has 2 N–H and O–H groups in total. The first-order valence-corrected chi connectivity index (χ1v) is 15.3.